The summed E-state index contributed by atoms with van der Waals surface area (Å²) in [6.45, 7) is 7.02. The Kier molecular flexibility index (Phi) is 4.10. The topological polar surface area (TPSA) is 64.3 Å². The third kappa shape index (κ3) is 6.70. The van der Waals surface area contributed by atoms with Gasteiger partial charge in [-0.2, -0.15) is 0 Å². The molecule has 4 heteroatoms. The Morgan fingerprint density at radius 3 is 2.64 bits per heavy atom. The molecule has 0 bridgehead atoms. The molecule has 0 aliphatic carbocycles. The lowest BCUT2D eigenvalue weighted by Gasteiger charge is -2.08. The number of nitrogens with one attached hydrogen (secondary N) is 1. The molecule has 0 spiro atoms. The number of carbonyl (C=O) groups is 1. The molecule has 0 aliphatic heterocycles. The summed E-state index contributed by atoms with van der Waals surface area (Å²) in [6, 6.07) is 0. The van der Waals surface area contributed by atoms with Gasteiger partial charge < -0.3 is 15.8 Å². The Balaban J connectivity index is 3.45. The van der Waals surface area contributed by atoms with Crippen LogP contribution in [0.4, 0.5) is 0 Å². The normalized spacial score (nSPS) is 9.36. The molecule has 3 N–H and O–H groups in total. The van der Waals surface area contributed by atoms with Gasteiger partial charge in [-0.05, 0) is 13.8 Å². The van der Waals surface area contributed by atoms with E-state index in [1.165, 1.54) is 0 Å². The minimum Gasteiger partial charge on any atom is -0.462 e. The number of carbonyl (C=O) groups excluding carboxylic acids is 1. The van der Waals surface area contributed by atoms with Gasteiger partial charge in [0.25, 0.3) is 0 Å². The van der Waals surface area contributed by atoms with Crippen LogP contribution in [0.3, 0.4) is 0 Å². The van der Waals surface area contributed by atoms with Crippen molar-refractivity contribution >= 4 is 5.97 Å². The van der Waals surface area contributed by atoms with Crippen molar-refractivity contribution in [3.05, 3.63) is 12.4 Å². The predicted molar refractivity (Wildman–Crippen MR) is 42.6 cm³/mol. The molecular formula is C7H14N2O2. The second-order valence-corrected chi connectivity index (χ2v) is 2.42. The van der Waals surface area contributed by atoms with E-state index in [9.17, 15) is 4.79 Å². The Morgan fingerprint density at radius 2 is 2.27 bits per heavy atom. The molecule has 0 aromatic heterocycles. The van der Waals surface area contributed by atoms with Gasteiger partial charge in [-0.25, -0.2) is 0 Å². The minimum absolute atomic E-state index is 0.0769. The summed E-state index contributed by atoms with van der Waals surface area (Å²) in [5.74, 6) is -0.0580. The molecule has 0 aromatic carbocycles. The van der Waals surface area contributed by atoms with Crippen molar-refractivity contribution in [2.75, 3.05) is 6.54 Å². The number of hydrogen-bond acceptors (Lipinski definition) is 4. The van der Waals surface area contributed by atoms with Crippen LogP contribution in [-0.2, 0) is 9.53 Å². The molecule has 0 saturated heterocycles. The van der Waals surface area contributed by atoms with E-state index in [1.54, 1.807) is 13.8 Å². The first-order valence-electron chi connectivity index (χ1n) is 3.40. The Morgan fingerprint density at radius 1 is 1.73 bits per heavy atom. The molecule has 4 nitrogen and oxygen atoms in total. The Bertz CT molecular complexity index is 155. The number of hydrogen-bond donors (Lipinski definition) is 2. The van der Waals surface area contributed by atoms with Gasteiger partial charge in [-0.15, -0.1) is 0 Å². The second kappa shape index (κ2) is 4.60. The van der Waals surface area contributed by atoms with Crippen LogP contribution in [0.5, 0.6) is 0 Å². The third-order valence-corrected chi connectivity index (χ3v) is 0.827. The predicted octanol–water partition coefficient (Wildman–Crippen LogP) is -0.0425. The summed E-state index contributed by atoms with van der Waals surface area (Å²) in [6.07, 6.45) is -0.0876. The van der Waals surface area contributed by atoms with Crippen LogP contribution in [-0.4, -0.2) is 18.6 Å². The standard InChI is InChI=1S/C7H14N2O2/c1-5(2)11-7(10)4-9-6(3)8/h5,9H,3-4,8H2,1-2H3. The lowest BCUT2D eigenvalue weighted by molar-refractivity contribution is -0.146. The zero-order chi connectivity index (χ0) is 8.85. The van der Waals surface area contributed by atoms with E-state index >= 15 is 0 Å². The first-order chi connectivity index (χ1) is 5.02. The van der Waals surface area contributed by atoms with Crippen molar-refractivity contribution in [2.24, 2.45) is 5.73 Å². The highest BCUT2D eigenvalue weighted by Gasteiger charge is 2.03. The molecule has 0 aromatic rings. The van der Waals surface area contributed by atoms with Crippen molar-refractivity contribution in [3.8, 4) is 0 Å². The molecule has 64 valence electrons. The molecular weight excluding hydrogens is 144 g/mol. The molecule has 0 aliphatic rings. The third-order valence-electron chi connectivity index (χ3n) is 0.827. The highest BCUT2D eigenvalue weighted by Crippen LogP contribution is 1.87. The van der Waals surface area contributed by atoms with E-state index in [1.807, 2.05) is 0 Å². The van der Waals surface area contributed by atoms with Crippen LogP contribution in [0.25, 0.3) is 0 Å². The van der Waals surface area contributed by atoms with E-state index in [2.05, 4.69) is 11.9 Å². The average molecular weight is 158 g/mol. The summed E-state index contributed by atoms with van der Waals surface area (Å²) in [4.78, 5) is 10.8. The van der Waals surface area contributed by atoms with E-state index in [4.69, 9.17) is 10.5 Å². The molecule has 0 fully saturated rings. The zero-order valence-corrected chi connectivity index (χ0v) is 6.89. The number of ether oxygens (including phenoxy) is 1. The maximum atomic E-state index is 10.8. The van der Waals surface area contributed by atoms with Crippen molar-refractivity contribution in [1.29, 1.82) is 0 Å². The van der Waals surface area contributed by atoms with Gasteiger partial charge in [0.2, 0.25) is 0 Å². The lowest BCUT2D eigenvalue weighted by Crippen LogP contribution is -2.28. The van der Waals surface area contributed by atoms with Crippen molar-refractivity contribution in [3.63, 3.8) is 0 Å². The van der Waals surface area contributed by atoms with Gasteiger partial charge >= 0.3 is 5.97 Å². The van der Waals surface area contributed by atoms with Gasteiger partial charge in [0, 0.05) is 0 Å². The van der Waals surface area contributed by atoms with E-state index < -0.39 is 0 Å². The van der Waals surface area contributed by atoms with E-state index in [0.29, 0.717) is 0 Å². The number of nitrogens with two attached hydrogens (primary N) is 1. The largest absolute Gasteiger partial charge is 0.462 e. The minimum atomic E-state index is -0.327. The van der Waals surface area contributed by atoms with Gasteiger partial charge in [0.1, 0.15) is 6.54 Å². The van der Waals surface area contributed by atoms with Crippen LogP contribution in [0.1, 0.15) is 13.8 Å². The highest BCUT2D eigenvalue weighted by molar-refractivity contribution is 5.72. The summed E-state index contributed by atoms with van der Waals surface area (Å²) >= 11 is 0. The quantitative estimate of drug-likeness (QED) is 0.563. The SMILES string of the molecule is C=C(N)NCC(=O)OC(C)C. The summed E-state index contributed by atoms with van der Waals surface area (Å²) < 4.78 is 4.80. The van der Waals surface area contributed by atoms with E-state index in [-0.39, 0.29) is 24.4 Å². The van der Waals surface area contributed by atoms with Crippen LogP contribution >= 0.6 is 0 Å². The number of rotatable bonds is 4. The van der Waals surface area contributed by atoms with Crippen LogP contribution < -0.4 is 11.1 Å². The van der Waals surface area contributed by atoms with Crippen molar-refractivity contribution in [1.82, 2.24) is 5.32 Å². The second-order valence-electron chi connectivity index (χ2n) is 2.42. The molecule has 0 unspecified atom stereocenters. The summed E-state index contributed by atoms with van der Waals surface area (Å²) in [5.41, 5.74) is 5.16. The molecule has 0 radical (unpaired) electrons. The smallest absolute Gasteiger partial charge is 0.325 e. The maximum absolute atomic E-state index is 10.8. The fourth-order valence-corrected chi connectivity index (χ4v) is 0.490. The average Bonchev–Trinajstić information content (AvgIpc) is 1.82. The maximum Gasteiger partial charge on any atom is 0.325 e. The highest BCUT2D eigenvalue weighted by atomic mass is 16.5. The van der Waals surface area contributed by atoms with Gasteiger partial charge in [0.05, 0.1) is 11.9 Å². The first-order valence-corrected chi connectivity index (χ1v) is 3.40. The molecule has 0 saturated carbocycles. The van der Waals surface area contributed by atoms with Crippen LogP contribution in [0.2, 0.25) is 0 Å². The fraction of sp³-hybridized carbons (Fsp3) is 0.571. The zero-order valence-electron chi connectivity index (χ0n) is 6.89. The molecule has 0 heterocycles. The Hall–Kier alpha value is -1.19. The molecule has 0 amide bonds. The first kappa shape index (κ1) is 9.81. The molecule has 11 heavy (non-hydrogen) atoms. The monoisotopic (exact) mass is 158 g/mol. The summed E-state index contributed by atoms with van der Waals surface area (Å²) in [5, 5.41) is 2.56. The Labute approximate surface area is 66.4 Å². The van der Waals surface area contributed by atoms with Crippen LogP contribution in [0, 0.1) is 0 Å². The lowest BCUT2D eigenvalue weighted by atomic mass is 10.5. The van der Waals surface area contributed by atoms with E-state index in [0.717, 1.165) is 0 Å². The number of esters is 1. The van der Waals surface area contributed by atoms with Gasteiger partial charge in [0.15, 0.2) is 0 Å². The molecule has 0 atom stereocenters. The van der Waals surface area contributed by atoms with Crippen molar-refractivity contribution < 1.29 is 9.53 Å². The fourth-order valence-electron chi connectivity index (χ4n) is 0.490. The van der Waals surface area contributed by atoms with Crippen molar-refractivity contribution in [2.45, 2.75) is 20.0 Å². The van der Waals surface area contributed by atoms with Gasteiger partial charge in [-0.1, -0.05) is 6.58 Å². The van der Waals surface area contributed by atoms with Gasteiger partial charge in [-0.3, -0.25) is 4.79 Å². The summed E-state index contributed by atoms with van der Waals surface area (Å²) in [7, 11) is 0. The van der Waals surface area contributed by atoms with Crippen LogP contribution in [0.15, 0.2) is 12.4 Å². The molecule has 0 rings (SSSR count).